The van der Waals surface area contributed by atoms with Crippen molar-refractivity contribution in [2.75, 3.05) is 0 Å². The van der Waals surface area contributed by atoms with Crippen LogP contribution in [-0.4, -0.2) is 51.7 Å². The molecule has 0 saturated heterocycles. The zero-order valence-corrected chi connectivity index (χ0v) is 75.6. The molecule has 0 atom stereocenters. The number of hydrogen-bond donors (Lipinski definition) is 2. The second kappa shape index (κ2) is 48.7. The molecule has 4 radical (unpaired) electrons. The summed E-state index contributed by atoms with van der Waals surface area (Å²) in [4.78, 5) is 46.4. The van der Waals surface area contributed by atoms with Crippen molar-refractivity contribution in [3.63, 3.8) is 0 Å². The van der Waals surface area contributed by atoms with Crippen molar-refractivity contribution >= 4 is 55.2 Å². The van der Waals surface area contributed by atoms with Gasteiger partial charge in [0.05, 0.1) is 22.6 Å². The summed E-state index contributed by atoms with van der Waals surface area (Å²) in [7, 11) is 0. The summed E-state index contributed by atoms with van der Waals surface area (Å²) in [6.07, 6.45) is 11.4. The minimum atomic E-state index is -0.237. The van der Waals surface area contributed by atoms with Crippen LogP contribution in [0.1, 0.15) is 55.5 Å². The fourth-order valence-corrected chi connectivity index (χ4v) is 11.8. The molecular formula is C101H82F2Ir4N6O5-6. The van der Waals surface area contributed by atoms with Gasteiger partial charge in [0.25, 0.3) is 0 Å². The van der Waals surface area contributed by atoms with Crippen LogP contribution >= 0.6 is 0 Å². The molecule has 10 aromatic carbocycles. The van der Waals surface area contributed by atoms with Gasteiger partial charge in [0.2, 0.25) is 0 Å². The van der Waals surface area contributed by atoms with Gasteiger partial charge in [0.15, 0.2) is 11.6 Å². The first-order chi connectivity index (χ1) is 55.2. The number of halogens is 2. The number of hydrogen-bond acceptors (Lipinski definition) is 11. The predicted molar refractivity (Wildman–Crippen MR) is 457 cm³/mol. The second-order valence-corrected chi connectivity index (χ2v) is 26.2. The van der Waals surface area contributed by atoms with E-state index in [1.807, 2.05) is 232 Å². The van der Waals surface area contributed by atoms with Gasteiger partial charge in [0.1, 0.15) is 11.4 Å². The molecule has 0 saturated carbocycles. The Kier molecular flexibility index (Phi) is 39.3. The number of aliphatic hydroxyl groups is 2. The first kappa shape index (κ1) is 95.1. The van der Waals surface area contributed by atoms with Crippen LogP contribution in [-0.2, 0) is 90.0 Å². The van der Waals surface area contributed by atoms with Crippen molar-refractivity contribution in [1.82, 2.24) is 29.9 Å². The van der Waals surface area contributed by atoms with Crippen molar-refractivity contribution in [2.45, 2.75) is 62.3 Å². The molecule has 7 heterocycles. The van der Waals surface area contributed by atoms with Crippen LogP contribution in [0.3, 0.4) is 0 Å². The Bertz CT molecular complexity index is 5860. The van der Waals surface area contributed by atoms with Crippen molar-refractivity contribution < 1.29 is 113 Å². The molecule has 0 amide bonds. The molecular weight excluding hydrogens is 2180 g/mol. The number of aromatic nitrogens is 6. The van der Waals surface area contributed by atoms with Crippen LogP contribution in [0.25, 0.3) is 122 Å². The Morgan fingerprint density at radius 1 is 0.398 bits per heavy atom. The number of benzene rings is 10. The maximum Gasteiger partial charge on any atom is 0.155 e. The molecule has 11 nitrogen and oxygen atoms in total. The number of aliphatic hydroxyl groups excluding tert-OH is 2. The topological polar surface area (TPSA) is 165 Å². The van der Waals surface area contributed by atoms with Gasteiger partial charge in [-0.15, -0.1) is 185 Å². The van der Waals surface area contributed by atoms with Crippen LogP contribution in [0.15, 0.2) is 338 Å². The van der Waals surface area contributed by atoms with Crippen LogP contribution in [0.2, 0.25) is 0 Å². The van der Waals surface area contributed by atoms with Crippen molar-refractivity contribution in [2.24, 2.45) is 0 Å². The van der Waals surface area contributed by atoms with Gasteiger partial charge in [-0.2, -0.15) is 0 Å². The first-order valence-electron chi connectivity index (χ1n) is 36.6. The summed E-state index contributed by atoms with van der Waals surface area (Å²) >= 11 is 0. The van der Waals surface area contributed by atoms with E-state index < -0.39 is 0 Å². The van der Waals surface area contributed by atoms with E-state index in [1.54, 1.807) is 50.8 Å². The molecule has 17 rings (SSSR count). The third-order valence-corrected chi connectivity index (χ3v) is 17.0. The van der Waals surface area contributed by atoms with Crippen LogP contribution in [0.5, 0.6) is 0 Å². The largest absolute Gasteiger partial charge is 0.512 e. The third kappa shape index (κ3) is 28.6. The van der Waals surface area contributed by atoms with Crippen LogP contribution < -0.4 is 0 Å². The average molecular weight is 2270 g/mol. The molecule has 118 heavy (non-hydrogen) atoms. The van der Waals surface area contributed by atoms with E-state index >= 15 is 0 Å². The summed E-state index contributed by atoms with van der Waals surface area (Å²) in [5, 5.41) is 22.0. The zero-order valence-electron chi connectivity index (χ0n) is 66.0. The SMILES string of the molecule is CC(=O)C=C(C)O.CC(=O)C=C(C)O.Cc1[c-]c(-c2ccc3cc(F)c(C)cc3n2)cc(C)c1.Cc1cc(-c2[c-]cccc2)ncc1-c1ccccc1.Cc1cc(-c2nccc3ccccc23)[c-]cc1F.[Ir].[Ir].[Ir].[Ir].[c-]1ccc2c(oc3ccccc32)c1-c1ccccn1.[c-]1ccccc1-c1ccccn1.[c-]1ccccc1-c1ccccn1. The van der Waals surface area contributed by atoms with Crippen molar-refractivity contribution in [3.8, 4) is 78.7 Å². The smallest absolute Gasteiger partial charge is 0.155 e. The predicted octanol–water partition coefficient (Wildman–Crippen LogP) is 25.1. The maximum absolute atomic E-state index is 13.5. The number of carbonyl (C=O) groups is 2. The Morgan fingerprint density at radius 2 is 0.932 bits per heavy atom. The number of pyridine rings is 6. The normalized spacial score (nSPS) is 10.3. The van der Waals surface area contributed by atoms with Crippen LogP contribution in [0.4, 0.5) is 8.78 Å². The molecule has 0 aliphatic carbocycles. The summed E-state index contributed by atoms with van der Waals surface area (Å²) < 4.78 is 32.8. The molecule has 7 aromatic heterocycles. The van der Waals surface area contributed by atoms with Gasteiger partial charge in [0, 0.05) is 146 Å². The number of para-hydroxylation sites is 1. The standard InChI is InChI=1S/C18H15FN.C18H14N.C17H10NO.C16H11FN.2C11H8N.2C5H8O2.4Ir/c1-11-6-12(2)8-15(7-11)17-5-4-14-10-16(19)13(3)9-18(14)20-17;1-14-12-18(16-10-6-3-7-11-16)19-13-17(14)15-8-4-2-5-9-15;1-2-10-16-12(6-1)13-7-5-8-14(17(13)19-16)15-9-3-4-11-18-15;1-11-10-13(6-7-15(11)17)16-14-5-3-2-4-12(14)8-9-18-16;2*1-2-6-10(7-3-1)11-8-4-5-9-12-11;2*1-4(6)3-5(2)7;;;;/h4-7,9-10H,1-3H3;2-10,12-13H,1H3;1-7,9-11H;2-5,7-10H,1H3;2*1-6,8-9H;2*3,6H,1-2H3;;;;/q6*-1;;;;;;. The Balaban J connectivity index is 0.000000213. The molecule has 17 heteroatoms. The Morgan fingerprint density at radius 3 is 1.46 bits per heavy atom. The molecule has 0 aliphatic rings. The van der Waals surface area contributed by atoms with E-state index in [0.29, 0.717) is 11.1 Å². The third-order valence-electron chi connectivity index (χ3n) is 17.0. The zero-order chi connectivity index (χ0) is 80.7. The second-order valence-electron chi connectivity index (χ2n) is 26.2. The molecule has 0 fully saturated rings. The molecule has 17 aromatic rings. The Hall–Kier alpha value is -11.7. The van der Waals surface area contributed by atoms with E-state index in [2.05, 4.69) is 117 Å². The number of rotatable bonds is 9. The molecule has 0 bridgehead atoms. The van der Waals surface area contributed by atoms with Gasteiger partial charge in [-0.3, -0.25) is 19.0 Å². The average Bonchev–Trinajstić information content (AvgIpc) is 1.60. The summed E-state index contributed by atoms with van der Waals surface area (Å²) in [6.45, 7) is 15.4. The van der Waals surface area contributed by atoms with E-state index in [-0.39, 0.29) is 115 Å². The minimum absolute atomic E-state index is 0. The first-order valence-corrected chi connectivity index (χ1v) is 36.6. The number of allylic oxidation sites excluding steroid dienone is 4. The van der Waals surface area contributed by atoms with Gasteiger partial charge in [-0.1, -0.05) is 165 Å². The summed E-state index contributed by atoms with van der Waals surface area (Å²) in [5.74, 6) is -0.552. The molecule has 602 valence electrons. The van der Waals surface area contributed by atoms with Crippen LogP contribution in [0, 0.1) is 82.7 Å². The monoisotopic (exact) mass is 2270 g/mol. The molecule has 0 unspecified atom stereocenters. The number of aryl methyl sites for hydroxylation is 5. The van der Waals surface area contributed by atoms with Gasteiger partial charge < -0.3 is 39.6 Å². The van der Waals surface area contributed by atoms with E-state index in [0.717, 1.165) is 117 Å². The number of nitrogens with zero attached hydrogens (tertiary/aromatic N) is 6. The maximum atomic E-state index is 13.5. The van der Waals surface area contributed by atoms with E-state index in [1.165, 1.54) is 74.2 Å². The number of fused-ring (bicyclic) bond motifs is 5. The minimum Gasteiger partial charge on any atom is -0.512 e. The van der Waals surface area contributed by atoms with E-state index in [9.17, 15) is 18.4 Å². The quantitative estimate of drug-likeness (QED) is 0.0803. The summed E-state index contributed by atoms with van der Waals surface area (Å²) in [5.41, 5.74) is 21.0. The molecule has 0 spiro atoms. The molecule has 0 aliphatic heterocycles. The van der Waals surface area contributed by atoms with Gasteiger partial charge >= 0.3 is 0 Å². The van der Waals surface area contributed by atoms with Gasteiger partial charge in [-0.05, 0) is 146 Å². The molecule has 2 N–H and O–H groups in total. The number of furan rings is 1. The summed E-state index contributed by atoms with van der Waals surface area (Å²) in [6, 6.07) is 109. The van der Waals surface area contributed by atoms with E-state index in [4.69, 9.17) is 14.6 Å². The van der Waals surface area contributed by atoms with Crippen molar-refractivity contribution in [1.29, 1.82) is 0 Å². The van der Waals surface area contributed by atoms with Crippen molar-refractivity contribution in [3.05, 3.63) is 410 Å². The number of ketones is 2. The Labute approximate surface area is 742 Å². The fraction of sp³-hybridized carbons (Fsp3) is 0.0891. The number of carbonyl (C=O) groups excluding carboxylic acids is 2. The van der Waals surface area contributed by atoms with Gasteiger partial charge in [-0.25, -0.2) is 4.39 Å². The fourth-order valence-electron chi connectivity index (χ4n) is 11.8.